The Balaban J connectivity index is 2.09. The lowest BCUT2D eigenvalue weighted by Gasteiger charge is -1.98. The van der Waals surface area contributed by atoms with Gasteiger partial charge in [-0.05, 0) is 12.1 Å². The molecule has 0 aliphatic heterocycles. The summed E-state index contributed by atoms with van der Waals surface area (Å²) in [5.41, 5.74) is 3.15. The van der Waals surface area contributed by atoms with Crippen LogP contribution in [0.5, 0.6) is 0 Å². The van der Waals surface area contributed by atoms with Crippen LogP contribution in [0.3, 0.4) is 0 Å². The molecular formula is C15H12N2O2. The van der Waals surface area contributed by atoms with Crippen molar-refractivity contribution >= 4 is 11.6 Å². The van der Waals surface area contributed by atoms with Gasteiger partial charge in [0.25, 0.3) is 0 Å². The number of aromatic nitrogens is 2. The third kappa shape index (κ3) is 2.08. The molecule has 4 heteroatoms. The Morgan fingerprint density at radius 3 is 2.74 bits per heavy atom. The van der Waals surface area contributed by atoms with Gasteiger partial charge in [0.1, 0.15) is 5.65 Å². The summed E-state index contributed by atoms with van der Waals surface area (Å²) in [5, 5.41) is 0. The summed E-state index contributed by atoms with van der Waals surface area (Å²) in [5.74, 6) is -0.355. The summed E-state index contributed by atoms with van der Waals surface area (Å²) in [7, 11) is 1.37. The van der Waals surface area contributed by atoms with Crippen LogP contribution in [-0.4, -0.2) is 22.5 Å². The van der Waals surface area contributed by atoms with E-state index in [1.54, 1.807) is 18.3 Å². The summed E-state index contributed by atoms with van der Waals surface area (Å²) in [4.78, 5) is 16.0. The molecule has 0 saturated carbocycles. The van der Waals surface area contributed by atoms with Crippen molar-refractivity contribution < 1.29 is 9.53 Å². The van der Waals surface area contributed by atoms with Crippen molar-refractivity contribution in [2.45, 2.75) is 0 Å². The fourth-order valence-electron chi connectivity index (χ4n) is 1.97. The van der Waals surface area contributed by atoms with Gasteiger partial charge in [0, 0.05) is 18.0 Å². The van der Waals surface area contributed by atoms with E-state index < -0.39 is 0 Å². The maximum atomic E-state index is 11.5. The van der Waals surface area contributed by atoms with E-state index in [4.69, 9.17) is 4.74 Å². The average Bonchev–Trinajstić information content (AvgIpc) is 2.90. The lowest BCUT2D eigenvalue weighted by molar-refractivity contribution is 0.0600. The molecule has 0 unspecified atom stereocenters. The van der Waals surface area contributed by atoms with E-state index in [1.807, 2.05) is 40.9 Å². The number of carbonyl (C=O) groups excluding carboxylic acids is 1. The molecule has 0 aliphatic rings. The maximum Gasteiger partial charge on any atom is 0.338 e. The van der Waals surface area contributed by atoms with Gasteiger partial charge in [-0.3, -0.25) is 0 Å². The number of hydrogen-bond acceptors (Lipinski definition) is 3. The Morgan fingerprint density at radius 1 is 1.21 bits per heavy atom. The van der Waals surface area contributed by atoms with Crippen molar-refractivity contribution in [1.82, 2.24) is 9.38 Å². The van der Waals surface area contributed by atoms with E-state index in [0.717, 1.165) is 16.9 Å². The van der Waals surface area contributed by atoms with Crippen molar-refractivity contribution in [2.75, 3.05) is 7.11 Å². The molecule has 0 amide bonds. The highest BCUT2D eigenvalue weighted by atomic mass is 16.5. The SMILES string of the molecule is COC(=O)c1ccn2cc(-c3ccccc3)nc2c1. The van der Waals surface area contributed by atoms with E-state index in [0.29, 0.717) is 5.56 Å². The van der Waals surface area contributed by atoms with Gasteiger partial charge in [-0.15, -0.1) is 0 Å². The van der Waals surface area contributed by atoms with Crippen LogP contribution in [0.2, 0.25) is 0 Å². The van der Waals surface area contributed by atoms with Crippen LogP contribution in [-0.2, 0) is 4.74 Å². The number of methoxy groups -OCH3 is 1. The van der Waals surface area contributed by atoms with Crippen LogP contribution in [0.1, 0.15) is 10.4 Å². The first-order valence-corrected chi connectivity index (χ1v) is 5.90. The second-order valence-electron chi connectivity index (χ2n) is 4.16. The molecule has 3 aromatic rings. The number of hydrogen-bond donors (Lipinski definition) is 0. The largest absolute Gasteiger partial charge is 0.465 e. The van der Waals surface area contributed by atoms with Gasteiger partial charge in [0.15, 0.2) is 0 Å². The highest BCUT2D eigenvalue weighted by molar-refractivity contribution is 5.90. The van der Waals surface area contributed by atoms with E-state index in [-0.39, 0.29) is 5.97 Å². The molecule has 0 radical (unpaired) electrons. The van der Waals surface area contributed by atoms with Crippen molar-refractivity contribution in [3.05, 3.63) is 60.4 Å². The third-order valence-electron chi connectivity index (χ3n) is 2.95. The average molecular weight is 252 g/mol. The fraction of sp³-hybridized carbons (Fsp3) is 0.0667. The van der Waals surface area contributed by atoms with Crippen molar-refractivity contribution in [2.24, 2.45) is 0 Å². The van der Waals surface area contributed by atoms with E-state index in [9.17, 15) is 4.79 Å². The summed E-state index contributed by atoms with van der Waals surface area (Å²) >= 11 is 0. The van der Waals surface area contributed by atoms with E-state index >= 15 is 0 Å². The van der Waals surface area contributed by atoms with Gasteiger partial charge in [0.2, 0.25) is 0 Å². The summed E-state index contributed by atoms with van der Waals surface area (Å²) in [6.07, 6.45) is 3.74. The maximum absolute atomic E-state index is 11.5. The normalized spacial score (nSPS) is 10.6. The van der Waals surface area contributed by atoms with Crippen LogP contribution in [0.15, 0.2) is 54.9 Å². The summed E-state index contributed by atoms with van der Waals surface area (Å²) < 4.78 is 6.58. The Labute approximate surface area is 110 Å². The number of ether oxygens (including phenoxy) is 1. The molecule has 2 aromatic heterocycles. The highest BCUT2D eigenvalue weighted by Crippen LogP contribution is 2.19. The third-order valence-corrected chi connectivity index (χ3v) is 2.95. The second kappa shape index (κ2) is 4.57. The molecule has 19 heavy (non-hydrogen) atoms. The number of nitrogens with zero attached hydrogens (tertiary/aromatic N) is 2. The predicted molar refractivity (Wildman–Crippen MR) is 72.0 cm³/mol. The number of benzene rings is 1. The van der Waals surface area contributed by atoms with Crippen molar-refractivity contribution in [1.29, 1.82) is 0 Å². The van der Waals surface area contributed by atoms with Crippen molar-refractivity contribution in [3.8, 4) is 11.3 Å². The summed E-state index contributed by atoms with van der Waals surface area (Å²) in [6.45, 7) is 0. The first-order valence-electron chi connectivity index (χ1n) is 5.90. The number of esters is 1. The van der Waals surface area contributed by atoms with Crippen LogP contribution >= 0.6 is 0 Å². The van der Waals surface area contributed by atoms with Gasteiger partial charge >= 0.3 is 5.97 Å². The Bertz CT molecular complexity index is 732. The van der Waals surface area contributed by atoms with Crippen LogP contribution < -0.4 is 0 Å². The topological polar surface area (TPSA) is 43.6 Å². The predicted octanol–water partition coefficient (Wildman–Crippen LogP) is 2.79. The van der Waals surface area contributed by atoms with Crippen LogP contribution in [0.4, 0.5) is 0 Å². The molecular weight excluding hydrogens is 240 g/mol. The lowest BCUT2D eigenvalue weighted by atomic mass is 10.2. The Hall–Kier alpha value is -2.62. The molecule has 1 aromatic carbocycles. The molecule has 3 rings (SSSR count). The fourth-order valence-corrected chi connectivity index (χ4v) is 1.97. The Kier molecular flexibility index (Phi) is 2.76. The second-order valence-corrected chi connectivity index (χ2v) is 4.16. The number of imidazole rings is 1. The highest BCUT2D eigenvalue weighted by Gasteiger charge is 2.08. The number of carbonyl (C=O) groups is 1. The first kappa shape index (κ1) is 11.5. The Morgan fingerprint density at radius 2 is 2.00 bits per heavy atom. The zero-order valence-corrected chi connectivity index (χ0v) is 10.4. The van der Waals surface area contributed by atoms with Crippen LogP contribution in [0, 0.1) is 0 Å². The van der Waals surface area contributed by atoms with Gasteiger partial charge in [-0.1, -0.05) is 30.3 Å². The monoisotopic (exact) mass is 252 g/mol. The first-order chi connectivity index (χ1) is 9.28. The smallest absolute Gasteiger partial charge is 0.338 e. The molecule has 0 bridgehead atoms. The molecule has 0 spiro atoms. The summed E-state index contributed by atoms with van der Waals surface area (Å²) in [6, 6.07) is 13.4. The molecule has 0 aliphatic carbocycles. The lowest BCUT2D eigenvalue weighted by Crippen LogP contribution is -2.01. The molecule has 0 fully saturated rings. The zero-order valence-electron chi connectivity index (χ0n) is 10.4. The van der Waals surface area contributed by atoms with Gasteiger partial charge < -0.3 is 9.14 Å². The number of pyridine rings is 1. The molecule has 4 nitrogen and oxygen atoms in total. The minimum atomic E-state index is -0.355. The zero-order chi connectivity index (χ0) is 13.2. The molecule has 94 valence electrons. The quantitative estimate of drug-likeness (QED) is 0.659. The molecule has 2 heterocycles. The molecule has 0 N–H and O–H groups in total. The van der Waals surface area contributed by atoms with Gasteiger partial charge in [0.05, 0.1) is 18.4 Å². The molecule has 0 saturated heterocycles. The van der Waals surface area contributed by atoms with Gasteiger partial charge in [-0.25, -0.2) is 9.78 Å². The number of rotatable bonds is 2. The van der Waals surface area contributed by atoms with Crippen molar-refractivity contribution in [3.63, 3.8) is 0 Å². The number of fused-ring (bicyclic) bond motifs is 1. The minimum absolute atomic E-state index is 0.355. The molecule has 0 atom stereocenters. The van der Waals surface area contributed by atoms with E-state index in [1.165, 1.54) is 7.11 Å². The van der Waals surface area contributed by atoms with Gasteiger partial charge in [-0.2, -0.15) is 0 Å². The van der Waals surface area contributed by atoms with Crippen LogP contribution in [0.25, 0.3) is 16.9 Å². The standard InChI is InChI=1S/C15H12N2O2/c1-19-15(18)12-7-8-17-10-13(16-14(17)9-12)11-5-3-2-4-6-11/h2-10H,1H3. The van der Waals surface area contributed by atoms with E-state index in [2.05, 4.69) is 4.98 Å². The minimum Gasteiger partial charge on any atom is -0.465 e.